The summed E-state index contributed by atoms with van der Waals surface area (Å²) in [5, 5.41) is 0. The zero-order valence-corrected chi connectivity index (χ0v) is 9.09. The van der Waals surface area contributed by atoms with Crippen molar-refractivity contribution in [3.63, 3.8) is 0 Å². The number of nitrogens with zero attached hydrogens (tertiary/aromatic N) is 1. The van der Waals surface area contributed by atoms with Gasteiger partial charge in [-0.1, -0.05) is 0 Å². The third-order valence-electron chi connectivity index (χ3n) is 1.48. The van der Waals surface area contributed by atoms with Gasteiger partial charge >= 0.3 is 0 Å². The highest BCUT2D eigenvalue weighted by atomic mass is 28.3. The van der Waals surface area contributed by atoms with Crippen molar-refractivity contribution in [1.82, 2.24) is 19.8 Å². The predicted octanol–water partition coefficient (Wildman–Crippen LogP) is -1.71. The second-order valence-electron chi connectivity index (χ2n) is 2.77. The van der Waals surface area contributed by atoms with E-state index in [2.05, 4.69) is 33.9 Å². The topological polar surface area (TPSA) is 39.3 Å². The van der Waals surface area contributed by atoms with Gasteiger partial charge in [0.25, 0.3) is 9.28 Å². The Morgan fingerprint density at radius 1 is 1.18 bits per heavy atom. The van der Waals surface area contributed by atoms with E-state index in [-0.39, 0.29) is 0 Å². The molecule has 0 saturated carbocycles. The molecule has 0 aromatic heterocycles. The van der Waals surface area contributed by atoms with Crippen LogP contribution < -0.4 is 14.9 Å². The second kappa shape index (κ2) is 6.75. The van der Waals surface area contributed by atoms with Crippen LogP contribution in [-0.4, -0.2) is 55.5 Å². The van der Waals surface area contributed by atoms with Gasteiger partial charge in [-0.2, -0.15) is 0 Å². The van der Waals surface area contributed by atoms with E-state index in [4.69, 9.17) is 0 Å². The Hall–Kier alpha value is 0.0569. The highest BCUT2D eigenvalue weighted by molar-refractivity contribution is 6.50. The van der Waals surface area contributed by atoms with Gasteiger partial charge in [-0.25, -0.2) is 0 Å². The predicted molar refractivity (Wildman–Crippen MR) is 51.8 cm³/mol. The maximum absolute atomic E-state index is 3.43. The van der Waals surface area contributed by atoms with Crippen molar-refractivity contribution in [1.29, 1.82) is 0 Å². The van der Waals surface area contributed by atoms with Crippen molar-refractivity contribution in [3.05, 3.63) is 0 Å². The molecule has 5 heteroatoms. The molecule has 11 heavy (non-hydrogen) atoms. The van der Waals surface area contributed by atoms with Gasteiger partial charge in [0.05, 0.1) is 0 Å². The Kier molecular flexibility index (Phi) is 6.78. The molecule has 0 bridgehead atoms. The molecule has 0 saturated heterocycles. The minimum Gasteiger partial charge on any atom is -0.319 e. The fourth-order valence-electron chi connectivity index (χ4n) is 0.781. The number of hydrogen-bond acceptors (Lipinski definition) is 4. The highest BCUT2D eigenvalue weighted by Gasteiger charge is 2.02. The molecule has 0 heterocycles. The van der Waals surface area contributed by atoms with Crippen LogP contribution in [0, 0.1) is 0 Å². The molecule has 0 aromatic rings. The summed E-state index contributed by atoms with van der Waals surface area (Å²) >= 11 is 0. The Morgan fingerprint density at radius 3 is 2.09 bits per heavy atom. The van der Waals surface area contributed by atoms with Crippen LogP contribution in [0.1, 0.15) is 0 Å². The van der Waals surface area contributed by atoms with E-state index in [1.807, 2.05) is 14.1 Å². The smallest absolute Gasteiger partial charge is 0.264 e. The molecular weight excluding hydrogens is 156 g/mol. The Balaban J connectivity index is 3.21. The maximum atomic E-state index is 3.43. The van der Waals surface area contributed by atoms with Crippen molar-refractivity contribution < 1.29 is 0 Å². The van der Waals surface area contributed by atoms with E-state index < -0.39 is 9.28 Å². The van der Waals surface area contributed by atoms with Crippen LogP contribution in [0.4, 0.5) is 0 Å². The van der Waals surface area contributed by atoms with E-state index in [0.717, 1.165) is 13.1 Å². The standard InChI is InChI=1S/C6H20N4Si/c1-7-11(8-2)9-5-6-10(3)4/h7-9,11H,5-6H2,1-4H3. The van der Waals surface area contributed by atoms with Crippen molar-refractivity contribution in [3.8, 4) is 0 Å². The van der Waals surface area contributed by atoms with Gasteiger partial charge < -0.3 is 19.8 Å². The summed E-state index contributed by atoms with van der Waals surface area (Å²) in [6, 6.07) is 0. The van der Waals surface area contributed by atoms with E-state index in [1.165, 1.54) is 0 Å². The van der Waals surface area contributed by atoms with Crippen molar-refractivity contribution in [2.24, 2.45) is 0 Å². The third kappa shape index (κ3) is 6.45. The first-order valence-corrected chi connectivity index (χ1v) is 5.66. The molecule has 0 aromatic carbocycles. The lowest BCUT2D eigenvalue weighted by atomic mass is 10.6. The average Bonchev–Trinajstić information content (AvgIpc) is 1.98. The van der Waals surface area contributed by atoms with E-state index in [9.17, 15) is 0 Å². The van der Waals surface area contributed by atoms with Crippen LogP contribution in [0.25, 0.3) is 0 Å². The first-order valence-electron chi connectivity index (χ1n) is 3.93. The molecule has 4 nitrogen and oxygen atoms in total. The molecule has 0 rings (SSSR count). The molecule has 3 N–H and O–H groups in total. The molecule has 0 amide bonds. The monoisotopic (exact) mass is 176 g/mol. The Morgan fingerprint density at radius 2 is 1.73 bits per heavy atom. The normalized spacial score (nSPS) is 11.5. The van der Waals surface area contributed by atoms with Crippen molar-refractivity contribution in [2.75, 3.05) is 41.3 Å². The summed E-state index contributed by atoms with van der Waals surface area (Å²) in [5.74, 6) is 0. The van der Waals surface area contributed by atoms with Gasteiger partial charge in [0.15, 0.2) is 0 Å². The second-order valence-corrected chi connectivity index (χ2v) is 5.20. The first-order chi connectivity index (χ1) is 5.20. The van der Waals surface area contributed by atoms with Crippen LogP contribution >= 0.6 is 0 Å². The molecule has 0 fully saturated rings. The summed E-state index contributed by atoms with van der Waals surface area (Å²) in [7, 11) is 7.10. The van der Waals surface area contributed by atoms with E-state index >= 15 is 0 Å². The van der Waals surface area contributed by atoms with Gasteiger partial charge in [-0.3, -0.25) is 0 Å². The van der Waals surface area contributed by atoms with Gasteiger partial charge in [0.1, 0.15) is 0 Å². The molecule has 0 aliphatic rings. The average molecular weight is 176 g/mol. The Bertz CT molecular complexity index is 84.7. The largest absolute Gasteiger partial charge is 0.319 e. The van der Waals surface area contributed by atoms with Crippen LogP contribution in [-0.2, 0) is 0 Å². The van der Waals surface area contributed by atoms with Gasteiger partial charge in [-0.15, -0.1) is 0 Å². The highest BCUT2D eigenvalue weighted by Crippen LogP contribution is 1.70. The quantitative estimate of drug-likeness (QED) is 0.422. The van der Waals surface area contributed by atoms with Crippen LogP contribution in [0.2, 0.25) is 0 Å². The summed E-state index contributed by atoms with van der Waals surface area (Å²) in [6.45, 7) is 2.14. The number of nitrogens with one attached hydrogen (secondary N) is 3. The van der Waals surface area contributed by atoms with Crippen molar-refractivity contribution in [2.45, 2.75) is 0 Å². The molecule has 0 atom stereocenters. The lowest BCUT2D eigenvalue weighted by Crippen LogP contribution is -2.56. The van der Waals surface area contributed by atoms with Gasteiger partial charge in [-0.05, 0) is 28.2 Å². The fraction of sp³-hybridized carbons (Fsp3) is 1.00. The molecular formula is C6H20N4Si. The van der Waals surface area contributed by atoms with Crippen LogP contribution in [0.5, 0.6) is 0 Å². The van der Waals surface area contributed by atoms with Gasteiger partial charge in [0, 0.05) is 13.1 Å². The molecule has 0 unspecified atom stereocenters. The molecule has 0 spiro atoms. The van der Waals surface area contributed by atoms with Crippen LogP contribution in [0.3, 0.4) is 0 Å². The lowest BCUT2D eigenvalue weighted by molar-refractivity contribution is 0.412. The summed E-state index contributed by atoms with van der Waals surface area (Å²) < 4.78 is 0. The molecule has 68 valence electrons. The van der Waals surface area contributed by atoms with E-state index in [1.54, 1.807) is 0 Å². The first kappa shape index (κ1) is 11.1. The van der Waals surface area contributed by atoms with Crippen LogP contribution in [0.15, 0.2) is 0 Å². The molecule has 0 aliphatic carbocycles. The number of rotatable bonds is 6. The SMILES string of the molecule is CN[SiH](NC)NCCN(C)C. The third-order valence-corrected chi connectivity index (χ3v) is 3.34. The minimum atomic E-state index is -1.03. The van der Waals surface area contributed by atoms with E-state index in [0.29, 0.717) is 0 Å². The summed E-state index contributed by atoms with van der Waals surface area (Å²) in [4.78, 5) is 12.0. The molecule has 0 aliphatic heterocycles. The maximum Gasteiger partial charge on any atom is 0.264 e. The summed E-state index contributed by atoms with van der Waals surface area (Å²) in [5.41, 5.74) is 0. The Labute approximate surface area is 71.2 Å². The fourth-order valence-corrected chi connectivity index (χ4v) is 1.90. The zero-order chi connectivity index (χ0) is 8.69. The lowest BCUT2D eigenvalue weighted by Gasteiger charge is -2.16. The summed E-state index contributed by atoms with van der Waals surface area (Å²) in [6.07, 6.45) is 0. The molecule has 0 radical (unpaired) electrons. The minimum absolute atomic E-state index is 1.03. The van der Waals surface area contributed by atoms with Gasteiger partial charge in [0.2, 0.25) is 0 Å². The van der Waals surface area contributed by atoms with Crippen molar-refractivity contribution >= 4 is 9.28 Å². The number of likely N-dealkylation sites (N-methyl/N-ethyl adjacent to an activating group) is 1. The zero-order valence-electron chi connectivity index (χ0n) is 7.94. The number of hydrogen-bond donors (Lipinski definition) is 3.